The number of rotatable bonds is 6. The van der Waals surface area contributed by atoms with Gasteiger partial charge in [-0.05, 0) is 42.3 Å². The average Bonchev–Trinajstić information content (AvgIpc) is 2.49. The van der Waals surface area contributed by atoms with Crippen molar-refractivity contribution in [3.8, 4) is 5.75 Å². The molecule has 2 aromatic rings. The lowest BCUT2D eigenvalue weighted by Gasteiger charge is -2.10. The van der Waals surface area contributed by atoms with Gasteiger partial charge in [-0.25, -0.2) is 0 Å². The van der Waals surface area contributed by atoms with Gasteiger partial charge in [0.05, 0.1) is 18.5 Å². The summed E-state index contributed by atoms with van der Waals surface area (Å²) in [5.74, 6) is 0.363. The van der Waals surface area contributed by atoms with Crippen LogP contribution in [0.4, 0.5) is 11.4 Å². The minimum atomic E-state index is -0.482. The first-order chi connectivity index (χ1) is 10.1. The third-order valence-electron chi connectivity index (χ3n) is 3.20. The monoisotopic (exact) mass is 285 g/mol. The van der Waals surface area contributed by atoms with E-state index >= 15 is 0 Å². The quantitative estimate of drug-likeness (QED) is 0.708. The van der Waals surface area contributed by atoms with Gasteiger partial charge >= 0.3 is 0 Å². The van der Waals surface area contributed by atoms with Crippen LogP contribution in [0.25, 0.3) is 0 Å². The van der Waals surface area contributed by atoms with E-state index in [0.717, 1.165) is 24.4 Å². The second-order valence-corrected chi connectivity index (χ2v) is 4.69. The highest BCUT2D eigenvalue weighted by atomic mass is 16.5. The van der Waals surface area contributed by atoms with Crippen molar-refractivity contribution in [1.82, 2.24) is 0 Å². The Balaban J connectivity index is 1.95. The molecule has 0 spiro atoms. The van der Waals surface area contributed by atoms with Crippen molar-refractivity contribution in [2.75, 3.05) is 24.7 Å². The molecule has 5 heteroatoms. The molecule has 1 amide bonds. The van der Waals surface area contributed by atoms with Crippen LogP contribution in [0.3, 0.4) is 0 Å². The topological polar surface area (TPSA) is 90.4 Å². The number of amides is 1. The molecule has 0 saturated heterocycles. The third kappa shape index (κ3) is 3.89. The molecule has 0 unspecified atom stereocenters. The summed E-state index contributed by atoms with van der Waals surface area (Å²) in [6, 6.07) is 12.9. The molecule has 0 radical (unpaired) electrons. The van der Waals surface area contributed by atoms with E-state index in [0.29, 0.717) is 11.3 Å². The van der Waals surface area contributed by atoms with Gasteiger partial charge in [0.25, 0.3) is 0 Å². The SMILES string of the molecule is COc1cccc(CCNc2ccc(C(N)=O)cc2N)c1. The van der Waals surface area contributed by atoms with Gasteiger partial charge in [-0.1, -0.05) is 12.1 Å². The van der Waals surface area contributed by atoms with Crippen molar-refractivity contribution >= 4 is 17.3 Å². The first-order valence-corrected chi connectivity index (χ1v) is 6.66. The summed E-state index contributed by atoms with van der Waals surface area (Å²) in [4.78, 5) is 11.1. The number of methoxy groups -OCH3 is 1. The molecule has 0 aliphatic rings. The van der Waals surface area contributed by atoms with Crippen LogP contribution in [-0.4, -0.2) is 19.6 Å². The molecule has 0 aliphatic heterocycles. The van der Waals surface area contributed by atoms with Crippen LogP contribution < -0.4 is 21.5 Å². The molecule has 0 bridgehead atoms. The Morgan fingerprint density at radius 1 is 1.24 bits per heavy atom. The van der Waals surface area contributed by atoms with Crippen molar-refractivity contribution in [3.05, 3.63) is 53.6 Å². The molecule has 0 saturated carbocycles. The van der Waals surface area contributed by atoms with Gasteiger partial charge in [0, 0.05) is 12.1 Å². The number of ether oxygens (including phenoxy) is 1. The number of primary amides is 1. The van der Waals surface area contributed by atoms with Crippen molar-refractivity contribution < 1.29 is 9.53 Å². The average molecular weight is 285 g/mol. The van der Waals surface area contributed by atoms with Gasteiger partial charge in [0.1, 0.15) is 5.75 Å². The van der Waals surface area contributed by atoms with Crippen LogP contribution >= 0.6 is 0 Å². The lowest BCUT2D eigenvalue weighted by atomic mass is 10.1. The third-order valence-corrected chi connectivity index (χ3v) is 3.20. The standard InChI is InChI=1S/C16H19N3O2/c1-21-13-4-2-3-11(9-13)7-8-19-15-6-5-12(16(18)20)10-14(15)17/h2-6,9-10,19H,7-8,17H2,1H3,(H2,18,20). The van der Waals surface area contributed by atoms with Gasteiger partial charge in [0.15, 0.2) is 0 Å². The van der Waals surface area contributed by atoms with E-state index in [4.69, 9.17) is 16.2 Å². The number of carbonyl (C=O) groups is 1. The second-order valence-electron chi connectivity index (χ2n) is 4.69. The fraction of sp³-hybridized carbons (Fsp3) is 0.188. The molecule has 0 fully saturated rings. The summed E-state index contributed by atoms with van der Waals surface area (Å²) >= 11 is 0. The normalized spacial score (nSPS) is 10.1. The lowest BCUT2D eigenvalue weighted by molar-refractivity contribution is 0.100. The van der Waals surface area contributed by atoms with Crippen LogP contribution in [0.15, 0.2) is 42.5 Å². The number of nitrogens with one attached hydrogen (secondary N) is 1. The molecule has 0 aromatic heterocycles. The number of benzene rings is 2. The van der Waals surface area contributed by atoms with E-state index in [1.54, 1.807) is 25.3 Å². The molecule has 0 heterocycles. The van der Waals surface area contributed by atoms with Crippen LogP contribution in [0.2, 0.25) is 0 Å². The first kappa shape index (κ1) is 14.7. The fourth-order valence-electron chi connectivity index (χ4n) is 2.05. The largest absolute Gasteiger partial charge is 0.497 e. The highest BCUT2D eigenvalue weighted by molar-refractivity contribution is 5.94. The van der Waals surface area contributed by atoms with Gasteiger partial charge in [-0.15, -0.1) is 0 Å². The first-order valence-electron chi connectivity index (χ1n) is 6.66. The number of nitrogens with two attached hydrogens (primary N) is 2. The van der Waals surface area contributed by atoms with Crippen LogP contribution in [0.5, 0.6) is 5.75 Å². The Morgan fingerprint density at radius 3 is 2.71 bits per heavy atom. The van der Waals surface area contributed by atoms with E-state index < -0.39 is 5.91 Å². The minimum absolute atomic E-state index is 0.408. The number of hydrogen-bond donors (Lipinski definition) is 3. The molecule has 0 aliphatic carbocycles. The Morgan fingerprint density at radius 2 is 2.05 bits per heavy atom. The molecule has 5 nitrogen and oxygen atoms in total. The summed E-state index contributed by atoms with van der Waals surface area (Å²) in [6.07, 6.45) is 0.841. The number of carbonyl (C=O) groups excluding carboxylic acids is 1. The van der Waals surface area contributed by atoms with E-state index in [1.165, 1.54) is 5.56 Å². The highest BCUT2D eigenvalue weighted by Gasteiger charge is 2.04. The Kier molecular flexibility index (Phi) is 4.66. The van der Waals surface area contributed by atoms with Crippen molar-refractivity contribution in [2.24, 2.45) is 5.73 Å². The molecule has 5 N–H and O–H groups in total. The summed E-state index contributed by atoms with van der Waals surface area (Å²) in [6.45, 7) is 0.729. The van der Waals surface area contributed by atoms with E-state index in [-0.39, 0.29) is 0 Å². The number of hydrogen-bond acceptors (Lipinski definition) is 4. The van der Waals surface area contributed by atoms with Gasteiger partial charge < -0.3 is 21.5 Å². The van der Waals surface area contributed by atoms with Crippen LogP contribution in [0, 0.1) is 0 Å². The van der Waals surface area contributed by atoms with Crippen molar-refractivity contribution in [1.29, 1.82) is 0 Å². The van der Waals surface area contributed by atoms with Gasteiger partial charge in [-0.2, -0.15) is 0 Å². The predicted octanol–water partition coefficient (Wildman–Crippen LogP) is 2.03. The number of anilines is 2. The zero-order valence-corrected chi connectivity index (χ0v) is 11.9. The molecular formula is C16H19N3O2. The number of nitrogen functional groups attached to an aromatic ring is 1. The van der Waals surface area contributed by atoms with Crippen LogP contribution in [-0.2, 0) is 6.42 Å². The molecular weight excluding hydrogens is 266 g/mol. The summed E-state index contributed by atoms with van der Waals surface area (Å²) in [5, 5.41) is 3.25. The van der Waals surface area contributed by atoms with Crippen molar-refractivity contribution in [2.45, 2.75) is 6.42 Å². The maximum absolute atomic E-state index is 11.1. The Hall–Kier alpha value is -2.69. The van der Waals surface area contributed by atoms with Gasteiger partial charge in [0.2, 0.25) is 5.91 Å². The lowest BCUT2D eigenvalue weighted by Crippen LogP contribution is -2.12. The molecule has 21 heavy (non-hydrogen) atoms. The molecule has 110 valence electrons. The molecule has 2 aromatic carbocycles. The Bertz CT molecular complexity index is 641. The highest BCUT2D eigenvalue weighted by Crippen LogP contribution is 2.20. The zero-order chi connectivity index (χ0) is 15.2. The van der Waals surface area contributed by atoms with E-state index in [1.807, 2.05) is 24.3 Å². The minimum Gasteiger partial charge on any atom is -0.497 e. The second kappa shape index (κ2) is 6.65. The van der Waals surface area contributed by atoms with Crippen molar-refractivity contribution in [3.63, 3.8) is 0 Å². The maximum atomic E-state index is 11.1. The van der Waals surface area contributed by atoms with Gasteiger partial charge in [-0.3, -0.25) is 4.79 Å². The van der Waals surface area contributed by atoms with Crippen LogP contribution in [0.1, 0.15) is 15.9 Å². The Labute approximate surface area is 123 Å². The summed E-state index contributed by atoms with van der Waals surface area (Å²) < 4.78 is 5.19. The molecule has 2 rings (SSSR count). The summed E-state index contributed by atoms with van der Waals surface area (Å²) in [7, 11) is 1.65. The predicted molar refractivity (Wildman–Crippen MR) is 84.6 cm³/mol. The zero-order valence-electron chi connectivity index (χ0n) is 11.9. The fourth-order valence-corrected chi connectivity index (χ4v) is 2.05. The smallest absolute Gasteiger partial charge is 0.248 e. The summed E-state index contributed by atoms with van der Waals surface area (Å²) in [5.41, 5.74) is 14.0. The van der Waals surface area contributed by atoms with E-state index in [9.17, 15) is 4.79 Å². The molecule has 0 atom stereocenters. The van der Waals surface area contributed by atoms with E-state index in [2.05, 4.69) is 5.32 Å². The maximum Gasteiger partial charge on any atom is 0.248 e.